The first-order valence-electron chi connectivity index (χ1n) is 4.41. The molecule has 3 nitrogen and oxygen atoms in total. The van der Waals surface area contributed by atoms with Crippen molar-refractivity contribution in [2.45, 2.75) is 20.4 Å². The van der Waals surface area contributed by atoms with Gasteiger partial charge in [0, 0.05) is 18.8 Å². The smallest absolute Gasteiger partial charge is 0.251 e. The summed E-state index contributed by atoms with van der Waals surface area (Å²) in [6, 6.07) is 3.43. The number of aromatic amines is 1. The van der Waals surface area contributed by atoms with Crippen LogP contribution in [0.3, 0.4) is 0 Å². The van der Waals surface area contributed by atoms with E-state index in [1.54, 1.807) is 10.6 Å². The lowest BCUT2D eigenvalue weighted by atomic mass is 10.3. The summed E-state index contributed by atoms with van der Waals surface area (Å²) in [5.41, 5.74) is 3.24. The Hall–Kier alpha value is -1.51. The highest BCUT2D eigenvalue weighted by Gasteiger charge is 2.04. The van der Waals surface area contributed by atoms with Gasteiger partial charge in [0.25, 0.3) is 5.56 Å². The fraction of sp³-hybridized carbons (Fsp3) is 0.300. The van der Waals surface area contributed by atoms with Gasteiger partial charge in [-0.2, -0.15) is 0 Å². The molecule has 2 aromatic rings. The van der Waals surface area contributed by atoms with Crippen molar-refractivity contribution in [3.8, 4) is 0 Å². The minimum atomic E-state index is 0.0673. The van der Waals surface area contributed by atoms with E-state index in [0.717, 1.165) is 23.1 Å². The molecular formula is C10H12N2O. The van der Waals surface area contributed by atoms with Crippen LogP contribution >= 0.6 is 0 Å². The molecule has 0 radical (unpaired) electrons. The van der Waals surface area contributed by atoms with Crippen LogP contribution in [0.15, 0.2) is 23.1 Å². The first-order chi connectivity index (χ1) is 6.24. The highest BCUT2D eigenvalue weighted by Crippen LogP contribution is 2.14. The Morgan fingerprint density at radius 2 is 2.23 bits per heavy atom. The summed E-state index contributed by atoms with van der Waals surface area (Å²) < 4.78 is 1.78. The number of hydrogen-bond donors (Lipinski definition) is 1. The van der Waals surface area contributed by atoms with Crippen LogP contribution in [0.5, 0.6) is 0 Å². The summed E-state index contributed by atoms with van der Waals surface area (Å²) in [4.78, 5) is 14.6. The zero-order valence-electron chi connectivity index (χ0n) is 7.79. The highest BCUT2D eigenvalue weighted by molar-refractivity contribution is 5.78. The molecule has 2 heterocycles. The largest absolute Gasteiger partial charge is 0.360 e. The van der Waals surface area contributed by atoms with Crippen molar-refractivity contribution in [3.63, 3.8) is 0 Å². The Bertz CT molecular complexity index is 493. The number of aromatic nitrogens is 2. The predicted octanol–water partition coefficient (Wildman–Crippen LogP) is 1.66. The van der Waals surface area contributed by atoms with E-state index in [-0.39, 0.29) is 5.56 Å². The van der Waals surface area contributed by atoms with E-state index in [4.69, 9.17) is 0 Å². The summed E-state index contributed by atoms with van der Waals surface area (Å²) in [6.07, 6.45) is 1.93. The number of nitrogens with one attached hydrogen (secondary N) is 1. The van der Waals surface area contributed by atoms with Gasteiger partial charge < -0.3 is 9.55 Å². The number of hydrogen-bond acceptors (Lipinski definition) is 1. The van der Waals surface area contributed by atoms with Crippen molar-refractivity contribution in [1.82, 2.24) is 9.55 Å². The molecule has 13 heavy (non-hydrogen) atoms. The molecule has 3 heteroatoms. The molecular weight excluding hydrogens is 164 g/mol. The Morgan fingerprint density at radius 1 is 1.46 bits per heavy atom. The van der Waals surface area contributed by atoms with E-state index in [0.29, 0.717) is 0 Å². The van der Waals surface area contributed by atoms with E-state index >= 15 is 0 Å². The standard InChI is InChI=1S/C10H12N2O/c1-3-12-9(13)5-4-8-10(12)7(2)6-11-8/h4-6,11H,3H2,1-2H3. The maximum Gasteiger partial charge on any atom is 0.251 e. The lowest BCUT2D eigenvalue weighted by Crippen LogP contribution is -2.17. The second-order valence-electron chi connectivity index (χ2n) is 3.15. The van der Waals surface area contributed by atoms with Crippen LogP contribution in [-0.4, -0.2) is 9.55 Å². The number of H-pyrrole nitrogens is 1. The lowest BCUT2D eigenvalue weighted by molar-refractivity contribution is 0.758. The van der Waals surface area contributed by atoms with Gasteiger partial charge in [-0.3, -0.25) is 4.79 Å². The minimum Gasteiger partial charge on any atom is -0.360 e. The van der Waals surface area contributed by atoms with E-state index in [2.05, 4.69) is 4.98 Å². The molecule has 0 fully saturated rings. The molecule has 0 aliphatic heterocycles. The first-order valence-corrected chi connectivity index (χ1v) is 4.41. The number of rotatable bonds is 1. The average Bonchev–Trinajstić information content (AvgIpc) is 2.49. The monoisotopic (exact) mass is 176 g/mol. The molecule has 0 aliphatic rings. The quantitative estimate of drug-likeness (QED) is 0.705. The normalized spacial score (nSPS) is 10.9. The number of fused-ring (bicyclic) bond motifs is 1. The number of pyridine rings is 1. The number of aryl methyl sites for hydroxylation is 2. The molecule has 0 amide bonds. The second kappa shape index (κ2) is 2.76. The molecule has 0 unspecified atom stereocenters. The zero-order valence-corrected chi connectivity index (χ0v) is 7.79. The Kier molecular flexibility index (Phi) is 1.72. The van der Waals surface area contributed by atoms with Crippen molar-refractivity contribution in [2.24, 2.45) is 0 Å². The van der Waals surface area contributed by atoms with Gasteiger partial charge in [0.05, 0.1) is 11.0 Å². The predicted molar refractivity (Wildman–Crippen MR) is 53.0 cm³/mol. The van der Waals surface area contributed by atoms with Crippen molar-refractivity contribution in [1.29, 1.82) is 0 Å². The molecule has 0 aromatic carbocycles. The number of nitrogens with zero attached hydrogens (tertiary/aromatic N) is 1. The van der Waals surface area contributed by atoms with Crippen LogP contribution in [0, 0.1) is 6.92 Å². The van der Waals surface area contributed by atoms with Crippen molar-refractivity contribution < 1.29 is 0 Å². The van der Waals surface area contributed by atoms with Crippen LogP contribution in [0.1, 0.15) is 12.5 Å². The van der Waals surface area contributed by atoms with E-state index < -0.39 is 0 Å². The van der Waals surface area contributed by atoms with Gasteiger partial charge in [0.2, 0.25) is 0 Å². The van der Waals surface area contributed by atoms with Crippen LogP contribution < -0.4 is 5.56 Å². The lowest BCUT2D eigenvalue weighted by Gasteiger charge is -2.03. The SMILES string of the molecule is CCn1c(=O)ccc2[nH]cc(C)c21. The maximum atomic E-state index is 11.5. The summed E-state index contributed by atoms with van der Waals surface area (Å²) >= 11 is 0. The molecule has 0 saturated heterocycles. The van der Waals surface area contributed by atoms with Gasteiger partial charge in [0.1, 0.15) is 0 Å². The molecule has 0 bridgehead atoms. The first kappa shape index (κ1) is 8.10. The molecule has 0 atom stereocenters. The summed E-state index contributed by atoms with van der Waals surface area (Å²) in [5.74, 6) is 0. The molecule has 1 N–H and O–H groups in total. The van der Waals surface area contributed by atoms with Gasteiger partial charge in [-0.15, -0.1) is 0 Å². The third kappa shape index (κ3) is 1.08. The fourth-order valence-electron chi connectivity index (χ4n) is 1.69. The summed E-state index contributed by atoms with van der Waals surface area (Å²) in [5, 5.41) is 0. The van der Waals surface area contributed by atoms with Gasteiger partial charge in [-0.05, 0) is 25.5 Å². The topological polar surface area (TPSA) is 37.8 Å². The Morgan fingerprint density at radius 3 is 2.92 bits per heavy atom. The summed E-state index contributed by atoms with van der Waals surface area (Å²) in [7, 11) is 0. The van der Waals surface area contributed by atoms with Gasteiger partial charge >= 0.3 is 0 Å². The molecule has 0 saturated carbocycles. The Balaban J connectivity index is 2.97. The van der Waals surface area contributed by atoms with Gasteiger partial charge in [-0.1, -0.05) is 0 Å². The third-order valence-electron chi connectivity index (χ3n) is 2.32. The second-order valence-corrected chi connectivity index (χ2v) is 3.15. The van der Waals surface area contributed by atoms with Crippen LogP contribution in [0.4, 0.5) is 0 Å². The summed E-state index contributed by atoms with van der Waals surface area (Å²) in [6.45, 7) is 4.70. The van der Waals surface area contributed by atoms with E-state index in [1.165, 1.54) is 0 Å². The zero-order chi connectivity index (χ0) is 9.42. The Labute approximate surface area is 76.0 Å². The van der Waals surface area contributed by atoms with Gasteiger partial charge in [0.15, 0.2) is 0 Å². The molecule has 68 valence electrons. The molecule has 0 aliphatic carbocycles. The minimum absolute atomic E-state index is 0.0673. The van der Waals surface area contributed by atoms with Crippen molar-refractivity contribution in [2.75, 3.05) is 0 Å². The van der Waals surface area contributed by atoms with Crippen LogP contribution in [0.25, 0.3) is 11.0 Å². The van der Waals surface area contributed by atoms with Gasteiger partial charge in [-0.25, -0.2) is 0 Å². The van der Waals surface area contributed by atoms with E-state index in [9.17, 15) is 4.79 Å². The van der Waals surface area contributed by atoms with E-state index in [1.807, 2.05) is 26.1 Å². The van der Waals surface area contributed by atoms with Crippen molar-refractivity contribution >= 4 is 11.0 Å². The van der Waals surface area contributed by atoms with Crippen LogP contribution in [-0.2, 0) is 6.54 Å². The maximum absolute atomic E-state index is 11.5. The molecule has 2 rings (SSSR count). The molecule has 0 spiro atoms. The average molecular weight is 176 g/mol. The van der Waals surface area contributed by atoms with Crippen LogP contribution in [0.2, 0.25) is 0 Å². The van der Waals surface area contributed by atoms with Crippen molar-refractivity contribution in [3.05, 3.63) is 34.2 Å². The highest BCUT2D eigenvalue weighted by atomic mass is 16.1. The fourth-order valence-corrected chi connectivity index (χ4v) is 1.69. The third-order valence-corrected chi connectivity index (χ3v) is 2.32. The molecule has 2 aromatic heterocycles.